The molecule has 0 aliphatic heterocycles. The first-order valence-electron chi connectivity index (χ1n) is 8.44. The van der Waals surface area contributed by atoms with Crippen LogP contribution in [0.2, 0.25) is 0 Å². The van der Waals surface area contributed by atoms with E-state index in [0.29, 0.717) is 6.10 Å². The van der Waals surface area contributed by atoms with Gasteiger partial charge in [-0.1, -0.05) is 32.1 Å². The SMILES string of the molecule is CN=C(NCCCOC1CCCCC1)NCCC1CC1.I. The standard InChI is InChI=1S/C16H31N3O.HI/c1-17-16(19-12-10-14-8-9-14)18-11-5-13-20-15-6-3-2-4-7-15;/h14-15H,2-13H2,1H3,(H2,17,18,19);1H. The van der Waals surface area contributed by atoms with Gasteiger partial charge in [-0.2, -0.15) is 0 Å². The molecule has 0 heterocycles. The zero-order valence-electron chi connectivity index (χ0n) is 13.4. The molecule has 4 nitrogen and oxygen atoms in total. The van der Waals surface area contributed by atoms with Crippen LogP contribution in [0.5, 0.6) is 0 Å². The minimum atomic E-state index is 0. The lowest BCUT2D eigenvalue weighted by Gasteiger charge is -2.22. The van der Waals surface area contributed by atoms with Crippen LogP contribution in [0.4, 0.5) is 0 Å². The molecular weight excluding hydrogens is 377 g/mol. The Kier molecular flexibility index (Phi) is 10.4. The highest BCUT2D eigenvalue weighted by Gasteiger charge is 2.20. The third-order valence-electron chi connectivity index (χ3n) is 4.28. The number of halogens is 1. The molecule has 0 spiro atoms. The van der Waals surface area contributed by atoms with Gasteiger partial charge in [0.25, 0.3) is 0 Å². The maximum atomic E-state index is 5.92. The Hall–Kier alpha value is -0.0400. The highest BCUT2D eigenvalue weighted by molar-refractivity contribution is 14.0. The van der Waals surface area contributed by atoms with E-state index in [1.54, 1.807) is 0 Å². The normalized spacial score (nSPS) is 20.0. The summed E-state index contributed by atoms with van der Waals surface area (Å²) >= 11 is 0. The highest BCUT2D eigenvalue weighted by Crippen LogP contribution is 2.31. The lowest BCUT2D eigenvalue weighted by molar-refractivity contribution is 0.0277. The number of ether oxygens (including phenoxy) is 1. The molecule has 124 valence electrons. The minimum absolute atomic E-state index is 0. The number of nitrogens with zero attached hydrogens (tertiary/aromatic N) is 1. The van der Waals surface area contributed by atoms with Crippen LogP contribution in [0.3, 0.4) is 0 Å². The molecular formula is C16H32IN3O. The molecule has 2 N–H and O–H groups in total. The summed E-state index contributed by atoms with van der Waals surface area (Å²) in [4.78, 5) is 4.25. The van der Waals surface area contributed by atoms with Gasteiger partial charge in [-0.25, -0.2) is 0 Å². The van der Waals surface area contributed by atoms with E-state index in [0.717, 1.165) is 38.0 Å². The smallest absolute Gasteiger partial charge is 0.190 e. The molecule has 0 aromatic heterocycles. The van der Waals surface area contributed by atoms with Crippen molar-refractivity contribution in [3.05, 3.63) is 0 Å². The molecule has 0 aromatic carbocycles. The summed E-state index contributed by atoms with van der Waals surface area (Å²) in [5.41, 5.74) is 0. The van der Waals surface area contributed by atoms with Crippen molar-refractivity contribution in [3.8, 4) is 0 Å². The molecule has 0 amide bonds. The third-order valence-corrected chi connectivity index (χ3v) is 4.28. The Bertz CT molecular complexity index is 289. The maximum Gasteiger partial charge on any atom is 0.190 e. The zero-order chi connectivity index (χ0) is 14.0. The van der Waals surface area contributed by atoms with Crippen molar-refractivity contribution in [2.24, 2.45) is 10.9 Å². The monoisotopic (exact) mass is 409 g/mol. The van der Waals surface area contributed by atoms with Crippen molar-refractivity contribution in [1.82, 2.24) is 10.6 Å². The highest BCUT2D eigenvalue weighted by atomic mass is 127. The number of hydrogen-bond acceptors (Lipinski definition) is 2. The Morgan fingerprint density at radius 1 is 1.05 bits per heavy atom. The van der Waals surface area contributed by atoms with Gasteiger partial charge in [-0.15, -0.1) is 24.0 Å². The molecule has 2 aliphatic rings. The number of hydrogen-bond donors (Lipinski definition) is 2. The molecule has 5 heteroatoms. The summed E-state index contributed by atoms with van der Waals surface area (Å²) < 4.78 is 5.92. The molecule has 2 fully saturated rings. The van der Waals surface area contributed by atoms with E-state index in [2.05, 4.69) is 15.6 Å². The van der Waals surface area contributed by atoms with E-state index in [9.17, 15) is 0 Å². The predicted octanol–water partition coefficient (Wildman–Crippen LogP) is 3.31. The van der Waals surface area contributed by atoms with Crippen molar-refractivity contribution >= 4 is 29.9 Å². The Balaban J connectivity index is 0.00000220. The molecule has 0 bridgehead atoms. The summed E-state index contributed by atoms with van der Waals surface area (Å²) in [7, 11) is 1.84. The van der Waals surface area contributed by atoms with E-state index >= 15 is 0 Å². The first-order chi connectivity index (χ1) is 9.88. The summed E-state index contributed by atoms with van der Waals surface area (Å²) in [5, 5.41) is 6.74. The fourth-order valence-electron chi connectivity index (χ4n) is 2.78. The van der Waals surface area contributed by atoms with Gasteiger partial charge in [0.15, 0.2) is 5.96 Å². The van der Waals surface area contributed by atoms with Crippen molar-refractivity contribution in [2.45, 2.75) is 63.9 Å². The molecule has 0 radical (unpaired) electrons. The fourth-order valence-corrected chi connectivity index (χ4v) is 2.78. The second-order valence-electron chi connectivity index (χ2n) is 6.14. The fraction of sp³-hybridized carbons (Fsp3) is 0.938. The average molecular weight is 409 g/mol. The molecule has 0 unspecified atom stereocenters. The Labute approximate surface area is 146 Å². The first kappa shape index (κ1) is 19.0. The Morgan fingerprint density at radius 3 is 2.43 bits per heavy atom. The van der Waals surface area contributed by atoms with Gasteiger partial charge < -0.3 is 15.4 Å². The number of guanidine groups is 1. The topological polar surface area (TPSA) is 45.7 Å². The first-order valence-corrected chi connectivity index (χ1v) is 8.44. The van der Waals surface area contributed by atoms with Crippen molar-refractivity contribution in [2.75, 3.05) is 26.7 Å². The molecule has 2 aliphatic carbocycles. The third kappa shape index (κ3) is 8.86. The van der Waals surface area contributed by atoms with Crippen molar-refractivity contribution in [1.29, 1.82) is 0 Å². The van der Waals surface area contributed by atoms with Crippen LogP contribution in [0.1, 0.15) is 57.8 Å². The lowest BCUT2D eigenvalue weighted by atomic mass is 9.98. The van der Waals surface area contributed by atoms with Gasteiger partial charge in [0.1, 0.15) is 0 Å². The predicted molar refractivity (Wildman–Crippen MR) is 99.6 cm³/mol. The number of rotatable bonds is 8. The van der Waals surface area contributed by atoms with E-state index in [4.69, 9.17) is 4.74 Å². The zero-order valence-corrected chi connectivity index (χ0v) is 15.7. The number of aliphatic imine (C=N–C) groups is 1. The van der Waals surface area contributed by atoms with Crippen LogP contribution in [0.25, 0.3) is 0 Å². The largest absolute Gasteiger partial charge is 0.378 e. The van der Waals surface area contributed by atoms with Gasteiger partial charge in [0.05, 0.1) is 6.10 Å². The minimum Gasteiger partial charge on any atom is -0.378 e. The van der Waals surface area contributed by atoms with Crippen LogP contribution < -0.4 is 10.6 Å². The summed E-state index contributed by atoms with van der Waals surface area (Å²) in [5.74, 6) is 1.91. The van der Waals surface area contributed by atoms with E-state index < -0.39 is 0 Å². The van der Waals surface area contributed by atoms with E-state index in [1.807, 2.05) is 7.05 Å². The quantitative estimate of drug-likeness (QED) is 0.280. The summed E-state index contributed by atoms with van der Waals surface area (Å²) in [6, 6.07) is 0. The van der Waals surface area contributed by atoms with Crippen LogP contribution in [0.15, 0.2) is 4.99 Å². The van der Waals surface area contributed by atoms with Crippen LogP contribution in [-0.4, -0.2) is 38.8 Å². The van der Waals surface area contributed by atoms with Gasteiger partial charge in [0.2, 0.25) is 0 Å². The Morgan fingerprint density at radius 2 is 1.76 bits per heavy atom. The average Bonchev–Trinajstić information content (AvgIpc) is 3.30. The van der Waals surface area contributed by atoms with Crippen molar-refractivity contribution in [3.63, 3.8) is 0 Å². The van der Waals surface area contributed by atoms with Crippen LogP contribution >= 0.6 is 24.0 Å². The molecule has 0 saturated heterocycles. The lowest BCUT2D eigenvalue weighted by Crippen LogP contribution is -2.38. The molecule has 2 rings (SSSR count). The van der Waals surface area contributed by atoms with Gasteiger partial charge in [0, 0.05) is 26.7 Å². The molecule has 0 aromatic rings. The second kappa shape index (κ2) is 11.5. The summed E-state index contributed by atoms with van der Waals surface area (Å²) in [6.45, 7) is 2.86. The van der Waals surface area contributed by atoms with E-state index in [1.165, 1.54) is 51.4 Å². The van der Waals surface area contributed by atoms with Crippen LogP contribution in [-0.2, 0) is 4.74 Å². The molecule has 21 heavy (non-hydrogen) atoms. The van der Waals surface area contributed by atoms with Gasteiger partial charge >= 0.3 is 0 Å². The van der Waals surface area contributed by atoms with Gasteiger partial charge in [-0.3, -0.25) is 4.99 Å². The van der Waals surface area contributed by atoms with E-state index in [-0.39, 0.29) is 24.0 Å². The van der Waals surface area contributed by atoms with Gasteiger partial charge in [-0.05, 0) is 31.6 Å². The second-order valence-corrected chi connectivity index (χ2v) is 6.14. The van der Waals surface area contributed by atoms with Crippen molar-refractivity contribution < 1.29 is 4.74 Å². The summed E-state index contributed by atoms with van der Waals surface area (Å²) in [6.07, 6.45) is 12.3. The van der Waals surface area contributed by atoms with Crippen LogP contribution in [0, 0.1) is 5.92 Å². The molecule has 0 atom stereocenters. The number of nitrogens with one attached hydrogen (secondary N) is 2. The maximum absolute atomic E-state index is 5.92. The molecule has 2 saturated carbocycles.